The van der Waals surface area contributed by atoms with Gasteiger partial charge in [-0.15, -0.1) is 0 Å². The molecule has 1 aliphatic heterocycles. The third-order valence-corrected chi connectivity index (χ3v) is 3.56. The van der Waals surface area contributed by atoms with Crippen molar-refractivity contribution in [1.82, 2.24) is 4.90 Å². The van der Waals surface area contributed by atoms with Gasteiger partial charge in [-0.3, -0.25) is 4.79 Å². The van der Waals surface area contributed by atoms with Crippen LogP contribution in [0.3, 0.4) is 0 Å². The van der Waals surface area contributed by atoms with Gasteiger partial charge >= 0.3 is 0 Å². The summed E-state index contributed by atoms with van der Waals surface area (Å²) in [6, 6.07) is 5.06. The van der Waals surface area contributed by atoms with Gasteiger partial charge in [-0.2, -0.15) is 0 Å². The molecule has 1 amide bonds. The van der Waals surface area contributed by atoms with Gasteiger partial charge in [-0.1, -0.05) is 23.2 Å². The fourth-order valence-corrected chi connectivity index (χ4v) is 2.78. The van der Waals surface area contributed by atoms with E-state index in [2.05, 4.69) is 10.2 Å². The first kappa shape index (κ1) is 13.7. The Morgan fingerprint density at radius 1 is 1.33 bits per heavy atom. The number of piperidine rings is 1. The summed E-state index contributed by atoms with van der Waals surface area (Å²) in [5.41, 5.74) is 0.658. The number of nitrogens with zero attached hydrogens (tertiary/aromatic N) is 1. The first-order valence-corrected chi connectivity index (χ1v) is 6.75. The Bertz CT molecular complexity index is 430. The van der Waals surface area contributed by atoms with Crippen molar-refractivity contribution in [2.24, 2.45) is 5.92 Å². The highest BCUT2D eigenvalue weighted by Crippen LogP contribution is 2.24. The molecule has 3 nitrogen and oxygen atoms in total. The third kappa shape index (κ3) is 3.61. The summed E-state index contributed by atoms with van der Waals surface area (Å²) < 4.78 is 0. The highest BCUT2D eigenvalue weighted by Gasteiger charge is 2.23. The molecule has 1 aromatic carbocycles. The fourth-order valence-electron chi connectivity index (χ4n) is 2.25. The van der Waals surface area contributed by atoms with Crippen molar-refractivity contribution in [2.45, 2.75) is 12.8 Å². The van der Waals surface area contributed by atoms with E-state index in [0.29, 0.717) is 15.7 Å². The minimum absolute atomic E-state index is 0.0416. The van der Waals surface area contributed by atoms with Gasteiger partial charge in [0.2, 0.25) is 5.91 Å². The molecule has 1 aromatic rings. The van der Waals surface area contributed by atoms with Crippen LogP contribution in [0.25, 0.3) is 0 Å². The summed E-state index contributed by atoms with van der Waals surface area (Å²) in [6.45, 7) is 1.87. The largest absolute Gasteiger partial charge is 0.326 e. The Morgan fingerprint density at radius 3 is 2.61 bits per heavy atom. The molecule has 1 heterocycles. The number of hydrogen-bond donors (Lipinski definition) is 1. The summed E-state index contributed by atoms with van der Waals surface area (Å²) in [7, 11) is 2.04. The SMILES string of the molecule is CN1CCC[C@@H](C(=O)Nc2cc(Cl)cc(Cl)c2)C1. The maximum atomic E-state index is 12.1. The molecular formula is C13H16Cl2N2O. The Labute approximate surface area is 117 Å². The number of likely N-dealkylation sites (tertiary alicyclic amines) is 1. The summed E-state index contributed by atoms with van der Waals surface area (Å²) in [5, 5.41) is 3.93. The van der Waals surface area contributed by atoms with E-state index < -0.39 is 0 Å². The fraction of sp³-hybridized carbons (Fsp3) is 0.462. The van der Waals surface area contributed by atoms with E-state index in [-0.39, 0.29) is 11.8 Å². The molecule has 0 radical (unpaired) electrons. The zero-order valence-electron chi connectivity index (χ0n) is 10.2. The number of hydrogen-bond acceptors (Lipinski definition) is 2. The highest BCUT2D eigenvalue weighted by atomic mass is 35.5. The normalized spacial score (nSPS) is 20.7. The molecule has 98 valence electrons. The Morgan fingerprint density at radius 2 is 2.00 bits per heavy atom. The van der Waals surface area contributed by atoms with Crippen molar-refractivity contribution in [3.63, 3.8) is 0 Å². The molecule has 0 saturated carbocycles. The summed E-state index contributed by atoms with van der Waals surface area (Å²) in [5.74, 6) is 0.0846. The number of anilines is 1. The number of halogens is 2. The number of carbonyl (C=O) groups excluding carboxylic acids is 1. The lowest BCUT2D eigenvalue weighted by Crippen LogP contribution is -2.38. The van der Waals surface area contributed by atoms with Gasteiger partial charge in [-0.05, 0) is 44.6 Å². The highest BCUT2D eigenvalue weighted by molar-refractivity contribution is 6.35. The second-order valence-corrected chi connectivity index (χ2v) is 5.62. The molecule has 18 heavy (non-hydrogen) atoms. The van der Waals surface area contributed by atoms with Crippen molar-refractivity contribution < 1.29 is 4.79 Å². The Hall–Kier alpha value is -0.770. The predicted octanol–water partition coefficient (Wildman–Crippen LogP) is 3.27. The molecule has 0 unspecified atom stereocenters. The lowest BCUT2D eigenvalue weighted by molar-refractivity contribution is -0.121. The average molecular weight is 287 g/mol. The standard InChI is InChI=1S/C13H16Cl2N2O/c1-17-4-2-3-9(8-17)13(18)16-12-6-10(14)5-11(15)7-12/h5-7,9H,2-4,8H2,1H3,(H,16,18)/t9-/m1/s1. The van der Waals surface area contributed by atoms with E-state index in [1.807, 2.05) is 7.05 Å². The smallest absolute Gasteiger partial charge is 0.228 e. The second kappa shape index (κ2) is 5.91. The predicted molar refractivity (Wildman–Crippen MR) is 75.3 cm³/mol. The average Bonchev–Trinajstić information content (AvgIpc) is 2.27. The molecule has 0 aromatic heterocycles. The van der Waals surface area contributed by atoms with Crippen LogP contribution < -0.4 is 5.32 Å². The van der Waals surface area contributed by atoms with Gasteiger partial charge in [0.15, 0.2) is 0 Å². The molecule has 1 saturated heterocycles. The summed E-state index contributed by atoms with van der Waals surface area (Å²) in [4.78, 5) is 14.3. The van der Waals surface area contributed by atoms with Crippen molar-refractivity contribution >= 4 is 34.8 Å². The first-order chi connectivity index (χ1) is 8.54. The molecule has 1 N–H and O–H groups in total. The molecular weight excluding hydrogens is 271 g/mol. The van der Waals surface area contributed by atoms with Crippen LogP contribution in [0.15, 0.2) is 18.2 Å². The number of amides is 1. The monoisotopic (exact) mass is 286 g/mol. The number of rotatable bonds is 2. The van der Waals surface area contributed by atoms with Crippen LogP contribution in [0.1, 0.15) is 12.8 Å². The van der Waals surface area contributed by atoms with Crippen LogP contribution in [0.4, 0.5) is 5.69 Å². The van der Waals surface area contributed by atoms with E-state index >= 15 is 0 Å². The van der Waals surface area contributed by atoms with E-state index in [1.165, 1.54) is 0 Å². The quantitative estimate of drug-likeness (QED) is 0.905. The van der Waals surface area contributed by atoms with Gasteiger partial charge in [0.1, 0.15) is 0 Å². The first-order valence-electron chi connectivity index (χ1n) is 6.00. The molecule has 0 spiro atoms. The Balaban J connectivity index is 2.02. The summed E-state index contributed by atoms with van der Waals surface area (Å²) >= 11 is 11.8. The number of nitrogens with one attached hydrogen (secondary N) is 1. The lowest BCUT2D eigenvalue weighted by Gasteiger charge is -2.28. The lowest BCUT2D eigenvalue weighted by atomic mass is 9.97. The van der Waals surface area contributed by atoms with Gasteiger partial charge < -0.3 is 10.2 Å². The van der Waals surface area contributed by atoms with E-state index in [1.54, 1.807) is 18.2 Å². The minimum Gasteiger partial charge on any atom is -0.326 e. The van der Waals surface area contributed by atoms with Gasteiger partial charge in [0, 0.05) is 22.3 Å². The van der Waals surface area contributed by atoms with Crippen LogP contribution in [0.5, 0.6) is 0 Å². The van der Waals surface area contributed by atoms with Crippen LogP contribution >= 0.6 is 23.2 Å². The maximum Gasteiger partial charge on any atom is 0.228 e. The molecule has 1 fully saturated rings. The van der Waals surface area contributed by atoms with Gasteiger partial charge in [0.25, 0.3) is 0 Å². The minimum atomic E-state index is 0.0416. The third-order valence-electron chi connectivity index (χ3n) is 3.13. The molecule has 0 aliphatic carbocycles. The maximum absolute atomic E-state index is 12.1. The van der Waals surface area contributed by atoms with E-state index in [0.717, 1.165) is 25.9 Å². The van der Waals surface area contributed by atoms with Gasteiger partial charge in [-0.25, -0.2) is 0 Å². The van der Waals surface area contributed by atoms with Gasteiger partial charge in [0.05, 0.1) is 5.92 Å². The number of benzene rings is 1. The van der Waals surface area contributed by atoms with Crippen LogP contribution in [-0.4, -0.2) is 30.9 Å². The van der Waals surface area contributed by atoms with Crippen molar-refractivity contribution in [1.29, 1.82) is 0 Å². The van der Waals surface area contributed by atoms with Crippen LogP contribution in [0, 0.1) is 5.92 Å². The van der Waals surface area contributed by atoms with Crippen molar-refractivity contribution in [3.8, 4) is 0 Å². The van der Waals surface area contributed by atoms with E-state index in [9.17, 15) is 4.79 Å². The molecule has 2 rings (SSSR count). The van der Waals surface area contributed by atoms with E-state index in [4.69, 9.17) is 23.2 Å². The topological polar surface area (TPSA) is 32.3 Å². The summed E-state index contributed by atoms with van der Waals surface area (Å²) in [6.07, 6.45) is 2.00. The Kier molecular flexibility index (Phi) is 4.49. The molecule has 1 aliphatic rings. The molecule has 0 bridgehead atoms. The number of carbonyl (C=O) groups is 1. The molecule has 1 atom stereocenters. The molecule has 5 heteroatoms. The van der Waals surface area contributed by atoms with Crippen molar-refractivity contribution in [2.75, 3.05) is 25.5 Å². The zero-order chi connectivity index (χ0) is 13.1. The van der Waals surface area contributed by atoms with Crippen LogP contribution in [-0.2, 0) is 4.79 Å². The van der Waals surface area contributed by atoms with Crippen molar-refractivity contribution in [3.05, 3.63) is 28.2 Å². The van der Waals surface area contributed by atoms with Crippen LogP contribution in [0.2, 0.25) is 10.0 Å². The second-order valence-electron chi connectivity index (χ2n) is 4.75. The zero-order valence-corrected chi connectivity index (χ0v) is 11.8.